The molecule has 0 spiro atoms. The maximum atomic E-state index is 11.2. The van der Waals surface area contributed by atoms with Gasteiger partial charge in [0.1, 0.15) is 0 Å². The summed E-state index contributed by atoms with van der Waals surface area (Å²) in [5.74, 6) is -0.288. The van der Waals surface area contributed by atoms with Crippen molar-refractivity contribution in [2.45, 2.75) is 31.2 Å². The van der Waals surface area contributed by atoms with Gasteiger partial charge in [0.05, 0.1) is 12.7 Å². The molecule has 0 bridgehead atoms. The number of carbonyl (C=O) groups is 1. The molecule has 1 fully saturated rings. The second kappa shape index (κ2) is 4.26. The molecule has 1 aromatic carbocycles. The largest absolute Gasteiger partial charge is 0.465 e. The number of carbonyl (C=O) groups excluding carboxylic acids is 1. The summed E-state index contributed by atoms with van der Waals surface area (Å²) in [6.45, 7) is 0. The van der Waals surface area contributed by atoms with Crippen LogP contribution in [0.5, 0.6) is 0 Å². The molecule has 1 aliphatic rings. The number of hydrogen-bond donors (Lipinski definition) is 1. The third-order valence-corrected chi connectivity index (χ3v) is 3.18. The predicted molar refractivity (Wildman–Crippen MR) is 62.3 cm³/mol. The van der Waals surface area contributed by atoms with Crippen molar-refractivity contribution in [3.8, 4) is 0 Å². The zero-order valence-electron chi connectivity index (χ0n) is 9.53. The summed E-state index contributed by atoms with van der Waals surface area (Å²) >= 11 is 0. The monoisotopic (exact) mass is 219 g/mol. The van der Waals surface area contributed by atoms with E-state index in [-0.39, 0.29) is 11.5 Å². The first-order chi connectivity index (χ1) is 7.63. The molecule has 0 amide bonds. The highest BCUT2D eigenvalue weighted by molar-refractivity contribution is 5.89. The number of rotatable bonds is 4. The molecule has 0 aliphatic heterocycles. The first kappa shape index (κ1) is 11.1. The molecule has 3 heteroatoms. The second-order valence-electron chi connectivity index (χ2n) is 4.55. The zero-order chi connectivity index (χ0) is 11.6. The minimum Gasteiger partial charge on any atom is -0.465 e. The highest BCUT2D eigenvalue weighted by Crippen LogP contribution is 2.36. The van der Waals surface area contributed by atoms with Gasteiger partial charge in [0.15, 0.2) is 0 Å². The van der Waals surface area contributed by atoms with E-state index in [4.69, 9.17) is 5.73 Å². The fraction of sp³-hybridized carbons (Fsp3) is 0.462. The summed E-state index contributed by atoms with van der Waals surface area (Å²) in [6, 6.07) is 7.55. The molecule has 0 atom stereocenters. The fourth-order valence-electron chi connectivity index (χ4n) is 1.73. The average molecular weight is 219 g/mol. The van der Waals surface area contributed by atoms with Crippen LogP contribution in [-0.2, 0) is 11.2 Å². The normalized spacial score (nSPS) is 16.9. The fourth-order valence-corrected chi connectivity index (χ4v) is 1.73. The van der Waals surface area contributed by atoms with Crippen LogP contribution in [0.4, 0.5) is 0 Å². The third-order valence-electron chi connectivity index (χ3n) is 3.18. The lowest BCUT2D eigenvalue weighted by Crippen LogP contribution is -2.22. The highest BCUT2D eigenvalue weighted by atomic mass is 16.5. The van der Waals surface area contributed by atoms with Crippen LogP contribution in [0.15, 0.2) is 24.3 Å². The quantitative estimate of drug-likeness (QED) is 0.787. The van der Waals surface area contributed by atoms with Crippen LogP contribution < -0.4 is 5.73 Å². The van der Waals surface area contributed by atoms with Gasteiger partial charge < -0.3 is 10.5 Å². The van der Waals surface area contributed by atoms with E-state index < -0.39 is 0 Å². The molecular weight excluding hydrogens is 202 g/mol. The second-order valence-corrected chi connectivity index (χ2v) is 4.55. The molecule has 0 radical (unpaired) electrons. The van der Waals surface area contributed by atoms with E-state index in [1.54, 1.807) is 12.1 Å². The lowest BCUT2D eigenvalue weighted by Gasteiger charge is -2.08. The van der Waals surface area contributed by atoms with E-state index >= 15 is 0 Å². The molecule has 1 aliphatic carbocycles. The Labute approximate surface area is 95.6 Å². The molecule has 2 rings (SSSR count). The molecule has 1 aromatic rings. The van der Waals surface area contributed by atoms with E-state index in [0.29, 0.717) is 5.56 Å². The first-order valence-corrected chi connectivity index (χ1v) is 5.59. The number of ether oxygens (including phenoxy) is 1. The summed E-state index contributed by atoms with van der Waals surface area (Å²) in [7, 11) is 1.39. The Balaban J connectivity index is 1.93. The van der Waals surface area contributed by atoms with Crippen LogP contribution in [0.1, 0.15) is 35.2 Å². The van der Waals surface area contributed by atoms with Crippen LogP contribution in [-0.4, -0.2) is 18.6 Å². The molecule has 1 saturated carbocycles. The van der Waals surface area contributed by atoms with Crippen molar-refractivity contribution in [1.82, 2.24) is 0 Å². The zero-order valence-corrected chi connectivity index (χ0v) is 9.53. The Morgan fingerprint density at radius 2 is 2.00 bits per heavy atom. The molecule has 2 N–H and O–H groups in total. The topological polar surface area (TPSA) is 52.3 Å². The Hall–Kier alpha value is -1.35. The predicted octanol–water partition coefficient (Wildman–Crippen LogP) is 1.90. The van der Waals surface area contributed by atoms with Crippen molar-refractivity contribution in [3.05, 3.63) is 35.4 Å². The van der Waals surface area contributed by atoms with Crippen molar-refractivity contribution >= 4 is 5.97 Å². The Morgan fingerprint density at radius 3 is 2.50 bits per heavy atom. The Bertz CT molecular complexity index is 379. The summed E-state index contributed by atoms with van der Waals surface area (Å²) in [4.78, 5) is 11.2. The van der Waals surface area contributed by atoms with Gasteiger partial charge in [-0.2, -0.15) is 0 Å². The molecule has 86 valence electrons. The van der Waals surface area contributed by atoms with E-state index in [0.717, 1.165) is 25.7 Å². The lowest BCUT2D eigenvalue weighted by molar-refractivity contribution is 0.0600. The third kappa shape index (κ3) is 2.61. The molecule has 0 unspecified atom stereocenters. The number of hydrogen-bond acceptors (Lipinski definition) is 3. The number of nitrogens with two attached hydrogens (primary N) is 1. The minimum atomic E-state index is -0.288. The average Bonchev–Trinajstić information content (AvgIpc) is 3.05. The van der Waals surface area contributed by atoms with Gasteiger partial charge in [-0.3, -0.25) is 0 Å². The summed E-state index contributed by atoms with van der Waals surface area (Å²) in [6.07, 6.45) is 4.31. The minimum absolute atomic E-state index is 0.0982. The SMILES string of the molecule is COC(=O)c1ccc(CCC2(N)CC2)cc1. The number of esters is 1. The maximum absolute atomic E-state index is 11.2. The van der Waals surface area contributed by atoms with Gasteiger partial charge in [0.25, 0.3) is 0 Å². The molecular formula is C13H17NO2. The molecule has 16 heavy (non-hydrogen) atoms. The van der Waals surface area contributed by atoms with Crippen LogP contribution in [0.25, 0.3) is 0 Å². The van der Waals surface area contributed by atoms with Gasteiger partial charge in [-0.25, -0.2) is 4.79 Å². The summed E-state index contributed by atoms with van der Waals surface area (Å²) in [5.41, 5.74) is 7.94. The summed E-state index contributed by atoms with van der Waals surface area (Å²) in [5, 5.41) is 0. The van der Waals surface area contributed by atoms with Crippen LogP contribution >= 0.6 is 0 Å². The standard InChI is InChI=1S/C13H17NO2/c1-16-12(15)11-4-2-10(3-5-11)6-7-13(14)8-9-13/h2-5H,6-9,14H2,1H3. The van der Waals surface area contributed by atoms with Crippen molar-refractivity contribution in [3.63, 3.8) is 0 Å². The molecule has 3 nitrogen and oxygen atoms in total. The van der Waals surface area contributed by atoms with E-state index in [2.05, 4.69) is 4.74 Å². The smallest absolute Gasteiger partial charge is 0.337 e. The number of benzene rings is 1. The molecule has 0 saturated heterocycles. The van der Waals surface area contributed by atoms with E-state index in [9.17, 15) is 4.79 Å². The molecule has 0 aromatic heterocycles. The lowest BCUT2D eigenvalue weighted by atomic mass is 10.0. The van der Waals surface area contributed by atoms with Crippen molar-refractivity contribution in [2.24, 2.45) is 5.73 Å². The van der Waals surface area contributed by atoms with Gasteiger partial charge in [-0.1, -0.05) is 12.1 Å². The first-order valence-electron chi connectivity index (χ1n) is 5.59. The van der Waals surface area contributed by atoms with Crippen LogP contribution in [0, 0.1) is 0 Å². The van der Waals surface area contributed by atoms with Crippen molar-refractivity contribution < 1.29 is 9.53 Å². The maximum Gasteiger partial charge on any atom is 0.337 e. The Morgan fingerprint density at radius 1 is 1.38 bits per heavy atom. The van der Waals surface area contributed by atoms with Crippen molar-refractivity contribution in [1.29, 1.82) is 0 Å². The Kier molecular flexibility index (Phi) is 2.97. The van der Waals surface area contributed by atoms with Crippen LogP contribution in [0.3, 0.4) is 0 Å². The number of methoxy groups -OCH3 is 1. The van der Waals surface area contributed by atoms with E-state index in [1.807, 2.05) is 12.1 Å². The number of aryl methyl sites for hydroxylation is 1. The van der Waals surface area contributed by atoms with Gasteiger partial charge in [0.2, 0.25) is 0 Å². The van der Waals surface area contributed by atoms with Crippen LogP contribution in [0.2, 0.25) is 0 Å². The van der Waals surface area contributed by atoms with E-state index in [1.165, 1.54) is 12.7 Å². The highest BCUT2D eigenvalue weighted by Gasteiger charge is 2.37. The molecule has 0 heterocycles. The van der Waals surface area contributed by atoms with Crippen molar-refractivity contribution in [2.75, 3.05) is 7.11 Å². The summed E-state index contributed by atoms with van der Waals surface area (Å²) < 4.78 is 4.64. The van der Waals surface area contributed by atoms with Gasteiger partial charge in [-0.15, -0.1) is 0 Å². The van der Waals surface area contributed by atoms with Gasteiger partial charge >= 0.3 is 5.97 Å². The van der Waals surface area contributed by atoms with Gasteiger partial charge in [0, 0.05) is 5.54 Å². The van der Waals surface area contributed by atoms with Gasteiger partial charge in [-0.05, 0) is 43.4 Å².